The Morgan fingerprint density at radius 3 is 3.00 bits per heavy atom. The van der Waals surface area contributed by atoms with E-state index < -0.39 is 0 Å². The summed E-state index contributed by atoms with van der Waals surface area (Å²) in [5.41, 5.74) is 0. The SMILES string of the molecule is CCOC(=O)CCNC#N. The summed E-state index contributed by atoms with van der Waals surface area (Å²) in [6.45, 7) is 2.50. The molecule has 0 aromatic carbocycles. The molecule has 0 aromatic rings. The zero-order chi connectivity index (χ0) is 7.82. The zero-order valence-corrected chi connectivity index (χ0v) is 5.89. The molecule has 0 aliphatic rings. The maximum atomic E-state index is 10.5. The van der Waals surface area contributed by atoms with Crippen LogP contribution in [0.25, 0.3) is 0 Å². The predicted molar refractivity (Wildman–Crippen MR) is 34.9 cm³/mol. The third-order valence-electron chi connectivity index (χ3n) is 0.839. The van der Waals surface area contributed by atoms with Crippen LogP contribution in [0.3, 0.4) is 0 Å². The Balaban J connectivity index is 3.15. The molecule has 0 saturated heterocycles. The van der Waals surface area contributed by atoms with Crippen molar-refractivity contribution in [2.24, 2.45) is 0 Å². The van der Waals surface area contributed by atoms with Crippen LogP contribution in [0.5, 0.6) is 0 Å². The number of hydrogen-bond acceptors (Lipinski definition) is 4. The number of nitrogens with zero attached hydrogens (tertiary/aromatic N) is 1. The largest absolute Gasteiger partial charge is 0.466 e. The highest BCUT2D eigenvalue weighted by Crippen LogP contribution is 1.82. The highest BCUT2D eigenvalue weighted by molar-refractivity contribution is 5.69. The van der Waals surface area contributed by atoms with Crippen molar-refractivity contribution in [3.05, 3.63) is 0 Å². The fraction of sp³-hybridized carbons (Fsp3) is 0.667. The molecule has 0 bridgehead atoms. The maximum Gasteiger partial charge on any atom is 0.307 e. The van der Waals surface area contributed by atoms with Gasteiger partial charge in [0.1, 0.15) is 0 Å². The van der Waals surface area contributed by atoms with Gasteiger partial charge in [0, 0.05) is 6.54 Å². The number of nitrogens with one attached hydrogen (secondary N) is 1. The molecule has 0 atom stereocenters. The molecule has 0 aliphatic heterocycles. The second-order valence-corrected chi connectivity index (χ2v) is 1.59. The van der Waals surface area contributed by atoms with Crippen LogP contribution in [-0.4, -0.2) is 19.1 Å². The van der Waals surface area contributed by atoms with E-state index in [1.54, 1.807) is 13.1 Å². The number of carbonyl (C=O) groups is 1. The van der Waals surface area contributed by atoms with Crippen molar-refractivity contribution >= 4 is 5.97 Å². The number of esters is 1. The van der Waals surface area contributed by atoms with Gasteiger partial charge in [-0.3, -0.25) is 4.79 Å². The summed E-state index contributed by atoms with van der Waals surface area (Å²) in [5.74, 6) is -0.273. The van der Waals surface area contributed by atoms with Gasteiger partial charge < -0.3 is 10.1 Å². The number of nitriles is 1. The average molecular weight is 142 g/mol. The molecular weight excluding hydrogens is 132 g/mol. The van der Waals surface area contributed by atoms with Gasteiger partial charge in [0.05, 0.1) is 13.0 Å². The number of carbonyl (C=O) groups excluding carboxylic acids is 1. The van der Waals surface area contributed by atoms with Gasteiger partial charge in [-0.1, -0.05) is 0 Å². The van der Waals surface area contributed by atoms with Crippen LogP contribution in [-0.2, 0) is 9.53 Å². The van der Waals surface area contributed by atoms with E-state index >= 15 is 0 Å². The summed E-state index contributed by atoms with van der Waals surface area (Å²) in [6.07, 6.45) is 1.96. The van der Waals surface area contributed by atoms with Gasteiger partial charge in [-0.25, -0.2) is 0 Å². The fourth-order valence-corrected chi connectivity index (χ4v) is 0.454. The molecule has 0 rings (SSSR count). The molecule has 0 aliphatic carbocycles. The number of hydrogen-bond donors (Lipinski definition) is 1. The van der Waals surface area contributed by atoms with E-state index in [4.69, 9.17) is 5.26 Å². The normalized spacial score (nSPS) is 8.00. The molecule has 0 spiro atoms. The average Bonchev–Trinajstić information content (AvgIpc) is 1.89. The minimum atomic E-state index is -0.273. The molecule has 0 aromatic heterocycles. The summed E-state index contributed by atoms with van der Waals surface area (Å²) < 4.78 is 4.60. The van der Waals surface area contributed by atoms with E-state index in [1.807, 2.05) is 0 Å². The highest BCUT2D eigenvalue weighted by Gasteiger charge is 1.98. The number of ether oxygens (including phenoxy) is 1. The minimum Gasteiger partial charge on any atom is -0.466 e. The second-order valence-electron chi connectivity index (χ2n) is 1.59. The van der Waals surface area contributed by atoms with Crippen LogP contribution < -0.4 is 5.32 Å². The van der Waals surface area contributed by atoms with Gasteiger partial charge in [-0.15, -0.1) is 0 Å². The first-order valence-electron chi connectivity index (χ1n) is 3.08. The van der Waals surface area contributed by atoms with Crippen molar-refractivity contribution < 1.29 is 9.53 Å². The Kier molecular flexibility index (Phi) is 5.16. The van der Waals surface area contributed by atoms with E-state index in [-0.39, 0.29) is 12.4 Å². The van der Waals surface area contributed by atoms with Gasteiger partial charge in [0.2, 0.25) is 0 Å². The molecular formula is C6H10N2O2. The molecule has 4 nitrogen and oxygen atoms in total. The zero-order valence-electron chi connectivity index (χ0n) is 5.89. The first-order chi connectivity index (χ1) is 4.81. The molecule has 10 heavy (non-hydrogen) atoms. The topological polar surface area (TPSA) is 62.1 Å². The van der Waals surface area contributed by atoms with Gasteiger partial charge in [-0.2, -0.15) is 5.26 Å². The van der Waals surface area contributed by atoms with Crippen molar-refractivity contribution in [2.45, 2.75) is 13.3 Å². The van der Waals surface area contributed by atoms with Crippen molar-refractivity contribution in [1.82, 2.24) is 5.32 Å². The molecule has 1 N–H and O–H groups in total. The third-order valence-corrected chi connectivity index (χ3v) is 0.839. The Labute approximate surface area is 59.8 Å². The molecule has 0 unspecified atom stereocenters. The van der Waals surface area contributed by atoms with E-state index in [1.165, 1.54) is 0 Å². The van der Waals surface area contributed by atoms with Crippen molar-refractivity contribution in [3.63, 3.8) is 0 Å². The summed E-state index contributed by atoms with van der Waals surface area (Å²) >= 11 is 0. The molecule has 4 heteroatoms. The summed E-state index contributed by atoms with van der Waals surface area (Å²) in [5, 5.41) is 10.3. The lowest BCUT2D eigenvalue weighted by Crippen LogP contribution is -2.14. The molecule has 0 amide bonds. The molecule has 0 fully saturated rings. The lowest BCUT2D eigenvalue weighted by Gasteiger charge is -1.98. The molecule has 0 heterocycles. The molecule has 56 valence electrons. The molecule has 0 radical (unpaired) electrons. The summed E-state index contributed by atoms with van der Waals surface area (Å²) in [4.78, 5) is 10.5. The monoisotopic (exact) mass is 142 g/mol. The number of rotatable bonds is 4. The van der Waals surface area contributed by atoms with Crippen LogP contribution in [0.4, 0.5) is 0 Å². The molecule has 0 saturated carbocycles. The lowest BCUT2D eigenvalue weighted by molar-refractivity contribution is -0.142. The van der Waals surface area contributed by atoms with Gasteiger partial charge in [0.15, 0.2) is 6.19 Å². The predicted octanol–water partition coefficient (Wildman–Crippen LogP) is 0.0103. The Morgan fingerprint density at radius 1 is 1.80 bits per heavy atom. The van der Waals surface area contributed by atoms with E-state index in [9.17, 15) is 4.79 Å². The van der Waals surface area contributed by atoms with Crippen LogP contribution in [0.15, 0.2) is 0 Å². The Hall–Kier alpha value is -1.24. The van der Waals surface area contributed by atoms with E-state index in [2.05, 4.69) is 10.1 Å². The van der Waals surface area contributed by atoms with Gasteiger partial charge >= 0.3 is 5.97 Å². The van der Waals surface area contributed by atoms with Crippen LogP contribution >= 0.6 is 0 Å². The lowest BCUT2D eigenvalue weighted by atomic mass is 10.4. The van der Waals surface area contributed by atoms with Crippen molar-refractivity contribution in [2.75, 3.05) is 13.2 Å². The van der Waals surface area contributed by atoms with Crippen molar-refractivity contribution in [3.8, 4) is 6.19 Å². The maximum absolute atomic E-state index is 10.5. The summed E-state index contributed by atoms with van der Waals surface area (Å²) in [6, 6.07) is 0. The Morgan fingerprint density at radius 2 is 2.50 bits per heavy atom. The van der Waals surface area contributed by atoms with Crippen LogP contribution in [0, 0.1) is 11.5 Å². The third kappa shape index (κ3) is 4.91. The van der Waals surface area contributed by atoms with Gasteiger partial charge in [0.25, 0.3) is 0 Å². The fourth-order valence-electron chi connectivity index (χ4n) is 0.454. The second kappa shape index (κ2) is 5.89. The minimum absolute atomic E-state index is 0.251. The quantitative estimate of drug-likeness (QED) is 0.260. The van der Waals surface area contributed by atoms with Crippen LogP contribution in [0.2, 0.25) is 0 Å². The first-order valence-corrected chi connectivity index (χ1v) is 3.08. The standard InChI is InChI=1S/C6H10N2O2/c1-2-10-6(9)3-4-8-5-7/h8H,2-4H2,1H3. The van der Waals surface area contributed by atoms with Crippen LogP contribution in [0.1, 0.15) is 13.3 Å². The summed E-state index contributed by atoms with van der Waals surface area (Å²) in [7, 11) is 0. The van der Waals surface area contributed by atoms with Gasteiger partial charge in [-0.05, 0) is 6.92 Å². The highest BCUT2D eigenvalue weighted by atomic mass is 16.5. The first kappa shape index (κ1) is 8.76. The van der Waals surface area contributed by atoms with E-state index in [0.29, 0.717) is 13.2 Å². The van der Waals surface area contributed by atoms with Crippen molar-refractivity contribution in [1.29, 1.82) is 5.26 Å². The van der Waals surface area contributed by atoms with E-state index in [0.717, 1.165) is 0 Å². The smallest absolute Gasteiger partial charge is 0.307 e. The Bertz CT molecular complexity index is 139.